The second-order valence-corrected chi connectivity index (χ2v) is 2.74. The Kier molecular flexibility index (Phi) is 6.32. The van der Waals surface area contributed by atoms with Crippen molar-refractivity contribution in [1.29, 1.82) is 0 Å². The van der Waals surface area contributed by atoms with Gasteiger partial charge in [-0.1, -0.05) is 36.4 Å². The van der Waals surface area contributed by atoms with Crippen molar-refractivity contribution in [3.05, 3.63) is 35.9 Å². The predicted octanol–water partition coefficient (Wildman–Crippen LogP) is -0.222. The van der Waals surface area contributed by atoms with Crippen LogP contribution in [0.25, 0.3) is 6.08 Å². The van der Waals surface area contributed by atoms with Crippen molar-refractivity contribution < 1.29 is 64.3 Å². The third kappa shape index (κ3) is 4.32. The molecule has 0 aliphatic heterocycles. The van der Waals surface area contributed by atoms with Crippen molar-refractivity contribution in [2.75, 3.05) is 0 Å². The molecule has 70 valence electrons. The van der Waals surface area contributed by atoms with E-state index in [0.29, 0.717) is 0 Å². The van der Waals surface area contributed by atoms with Gasteiger partial charge in [0.2, 0.25) is 0 Å². The van der Waals surface area contributed by atoms with Crippen molar-refractivity contribution in [3.63, 3.8) is 0 Å². The van der Waals surface area contributed by atoms with E-state index in [2.05, 4.69) is 0 Å². The molecule has 0 amide bonds. The van der Waals surface area contributed by atoms with Crippen LogP contribution in [0.3, 0.4) is 0 Å². The second-order valence-electron chi connectivity index (χ2n) is 2.74. The van der Waals surface area contributed by atoms with E-state index < -0.39 is 12.4 Å². The van der Waals surface area contributed by atoms with Crippen LogP contribution in [0.15, 0.2) is 30.3 Å². The fraction of sp³-hybridized carbons (Fsp3) is 0.111. The normalized spacial score (nSPS) is 11.4. The topological polar surface area (TPSA) is 0 Å². The largest absolute Gasteiger partial charge is 1.00 e. The average Bonchev–Trinajstić information content (AvgIpc) is 2.04. The number of allylic oxidation sites excluding steroid dienone is 1. The number of rotatable bonds is 2. The molecule has 0 saturated heterocycles. The van der Waals surface area contributed by atoms with Gasteiger partial charge in [0, 0.05) is 0 Å². The molecule has 0 radical (unpaired) electrons. The average molecular weight is 224 g/mol. The zero-order valence-corrected chi connectivity index (χ0v) is 11.3. The standard InChI is InChI=1S/C9H9BF3.K/c1-2-3-8-4-6-9(7-5-8)10(11,12)13;/h2-7H,1H3;/q-1;+1/b3-2-;. The first-order valence-corrected chi connectivity index (χ1v) is 3.96. The zero-order chi connectivity index (χ0) is 9.90. The minimum absolute atomic E-state index is 0. The molecule has 0 nitrogen and oxygen atoms in total. The second kappa shape index (κ2) is 6.13. The molecule has 0 atom stereocenters. The summed E-state index contributed by atoms with van der Waals surface area (Å²) in [7, 11) is 0. The molecular formula is C9H9BF3K. The van der Waals surface area contributed by atoms with Crippen LogP contribution in [0.5, 0.6) is 0 Å². The molecule has 0 heterocycles. The fourth-order valence-electron chi connectivity index (χ4n) is 1.02. The van der Waals surface area contributed by atoms with Gasteiger partial charge in [0.15, 0.2) is 0 Å². The quantitative estimate of drug-likeness (QED) is 0.609. The van der Waals surface area contributed by atoms with Crippen LogP contribution >= 0.6 is 0 Å². The first kappa shape index (κ1) is 14.5. The van der Waals surface area contributed by atoms with Crippen LogP contribution < -0.4 is 56.8 Å². The van der Waals surface area contributed by atoms with E-state index >= 15 is 0 Å². The Balaban J connectivity index is 0.00000169. The molecule has 0 unspecified atom stereocenters. The van der Waals surface area contributed by atoms with E-state index in [1.807, 2.05) is 6.92 Å². The Morgan fingerprint density at radius 2 is 1.57 bits per heavy atom. The summed E-state index contributed by atoms with van der Waals surface area (Å²) in [4.78, 5) is 0. The summed E-state index contributed by atoms with van der Waals surface area (Å²) in [5, 5.41) is 0. The van der Waals surface area contributed by atoms with Crippen LogP contribution in [0.2, 0.25) is 0 Å². The fourth-order valence-corrected chi connectivity index (χ4v) is 1.02. The van der Waals surface area contributed by atoms with E-state index in [0.717, 1.165) is 17.7 Å². The van der Waals surface area contributed by atoms with Crippen LogP contribution in [-0.4, -0.2) is 6.98 Å². The van der Waals surface area contributed by atoms with Crippen LogP contribution in [0.4, 0.5) is 12.9 Å². The number of halogens is 3. The van der Waals surface area contributed by atoms with Gasteiger partial charge in [-0.05, 0) is 12.5 Å². The smallest absolute Gasteiger partial charge is 0.445 e. The first-order valence-electron chi connectivity index (χ1n) is 3.96. The predicted molar refractivity (Wildman–Crippen MR) is 49.9 cm³/mol. The molecule has 5 heteroatoms. The summed E-state index contributed by atoms with van der Waals surface area (Å²) < 4.78 is 36.4. The van der Waals surface area contributed by atoms with E-state index in [1.54, 1.807) is 12.2 Å². The minimum Gasteiger partial charge on any atom is -0.445 e. The molecule has 0 aliphatic carbocycles. The van der Waals surface area contributed by atoms with Crippen LogP contribution in [0.1, 0.15) is 12.5 Å². The molecule has 0 spiro atoms. The van der Waals surface area contributed by atoms with Crippen LogP contribution in [0, 0.1) is 0 Å². The maximum absolute atomic E-state index is 12.1. The Hall–Kier alpha value is 0.451. The molecule has 0 aromatic heterocycles. The van der Waals surface area contributed by atoms with Crippen molar-refractivity contribution in [2.45, 2.75) is 6.92 Å². The SMILES string of the molecule is C/C=C\c1ccc([B-](F)(F)F)cc1.[K+]. The van der Waals surface area contributed by atoms with E-state index in [4.69, 9.17) is 0 Å². The molecular weight excluding hydrogens is 215 g/mol. The Morgan fingerprint density at radius 1 is 1.07 bits per heavy atom. The Labute approximate surface area is 124 Å². The number of hydrogen-bond acceptors (Lipinski definition) is 0. The number of benzene rings is 1. The Bertz CT molecular complexity index is 303. The summed E-state index contributed by atoms with van der Waals surface area (Å²) in [5.74, 6) is 0. The maximum Gasteiger partial charge on any atom is 1.00 e. The van der Waals surface area contributed by atoms with Gasteiger partial charge >= 0.3 is 58.4 Å². The third-order valence-electron chi connectivity index (χ3n) is 1.67. The monoisotopic (exact) mass is 224 g/mol. The van der Waals surface area contributed by atoms with E-state index in [9.17, 15) is 12.9 Å². The summed E-state index contributed by atoms with van der Waals surface area (Å²) in [6.07, 6.45) is 3.54. The van der Waals surface area contributed by atoms with Gasteiger partial charge in [0.05, 0.1) is 0 Å². The van der Waals surface area contributed by atoms with Gasteiger partial charge in [-0.2, -0.15) is 0 Å². The molecule has 1 rings (SSSR count). The first-order chi connectivity index (χ1) is 6.04. The molecule has 0 aliphatic rings. The van der Waals surface area contributed by atoms with Gasteiger partial charge in [-0.3, -0.25) is 0 Å². The zero-order valence-electron chi connectivity index (χ0n) is 8.18. The maximum atomic E-state index is 12.1. The van der Waals surface area contributed by atoms with Gasteiger partial charge < -0.3 is 12.9 Å². The molecule has 0 saturated carbocycles. The van der Waals surface area contributed by atoms with Gasteiger partial charge in [0.25, 0.3) is 0 Å². The summed E-state index contributed by atoms with van der Waals surface area (Å²) >= 11 is 0. The summed E-state index contributed by atoms with van der Waals surface area (Å²) in [5.41, 5.74) is 0.236. The van der Waals surface area contributed by atoms with E-state index in [1.165, 1.54) is 12.1 Å². The summed E-state index contributed by atoms with van der Waals surface area (Å²) in [6, 6.07) is 5.14. The molecule has 1 aromatic rings. The minimum atomic E-state index is -4.85. The molecule has 0 N–H and O–H groups in total. The molecule has 14 heavy (non-hydrogen) atoms. The van der Waals surface area contributed by atoms with Gasteiger partial charge in [-0.25, -0.2) is 0 Å². The molecule has 0 bridgehead atoms. The van der Waals surface area contributed by atoms with Crippen molar-refractivity contribution >= 4 is 18.5 Å². The van der Waals surface area contributed by atoms with Gasteiger partial charge in [0.1, 0.15) is 0 Å². The Morgan fingerprint density at radius 3 is 1.93 bits per heavy atom. The number of hydrogen-bond donors (Lipinski definition) is 0. The molecule has 0 fully saturated rings. The van der Waals surface area contributed by atoms with E-state index in [-0.39, 0.29) is 51.4 Å². The summed E-state index contributed by atoms with van der Waals surface area (Å²) in [6.45, 7) is -3.03. The molecule has 1 aromatic carbocycles. The van der Waals surface area contributed by atoms with Crippen molar-refractivity contribution in [1.82, 2.24) is 0 Å². The third-order valence-corrected chi connectivity index (χ3v) is 1.67. The van der Waals surface area contributed by atoms with Crippen molar-refractivity contribution in [3.8, 4) is 0 Å². The van der Waals surface area contributed by atoms with Crippen LogP contribution in [-0.2, 0) is 0 Å². The van der Waals surface area contributed by atoms with Crippen molar-refractivity contribution in [2.24, 2.45) is 0 Å². The van der Waals surface area contributed by atoms with Gasteiger partial charge in [-0.15, -0.1) is 5.46 Å².